The Labute approximate surface area is 517 Å². The predicted octanol–water partition coefficient (Wildman–Crippen LogP) is 21.5. The van der Waals surface area contributed by atoms with Gasteiger partial charge in [-0.25, -0.2) is 14.5 Å². The molecule has 11 aromatic rings. The van der Waals surface area contributed by atoms with Crippen LogP contribution in [0.2, 0.25) is 0 Å². The molecule has 0 saturated carbocycles. The Morgan fingerprint density at radius 1 is 0.435 bits per heavy atom. The molecule has 466 valence electrons. The number of imidazole rings is 2. The van der Waals surface area contributed by atoms with Crippen molar-refractivity contribution >= 4 is 46.1 Å². The third-order valence-corrected chi connectivity index (χ3v) is 9.68. The third-order valence-electron chi connectivity index (χ3n) is 9.68. The first-order chi connectivity index (χ1) is 42.3. The Morgan fingerprint density at radius 2 is 1.00 bits per heavy atom. The molecule has 0 unspecified atom stereocenters. The lowest BCUT2D eigenvalue weighted by molar-refractivity contribution is 0.961. The van der Waals surface area contributed by atoms with Crippen LogP contribution >= 0.6 is 0 Å². The first kappa shape index (κ1) is 85.4. The van der Waals surface area contributed by atoms with E-state index in [2.05, 4.69) is 138 Å². The molecule has 85 heavy (non-hydrogen) atoms. The van der Waals surface area contributed by atoms with Gasteiger partial charge in [-0.15, -0.1) is 10.2 Å². The van der Waals surface area contributed by atoms with E-state index >= 15 is 0 Å². The van der Waals surface area contributed by atoms with E-state index in [1.54, 1.807) is 25.0 Å². The molecule has 1 aliphatic heterocycles. The molecule has 10 heteroatoms. The van der Waals surface area contributed by atoms with Crippen molar-refractivity contribution in [3.8, 4) is 5.69 Å². The van der Waals surface area contributed by atoms with Crippen molar-refractivity contribution in [2.24, 2.45) is 0 Å². The molecule has 1 aliphatic carbocycles. The Bertz CT molecular complexity index is 2870. The van der Waals surface area contributed by atoms with Gasteiger partial charge in [0.1, 0.15) is 12.0 Å². The van der Waals surface area contributed by atoms with Gasteiger partial charge in [0.15, 0.2) is 5.65 Å². The number of fused-ring (bicyclic) bond motifs is 8. The molecule has 0 spiro atoms. The van der Waals surface area contributed by atoms with E-state index in [0.29, 0.717) is 0 Å². The first-order valence-corrected chi connectivity index (χ1v) is 32.0. The summed E-state index contributed by atoms with van der Waals surface area (Å²) in [6.07, 6.45) is 32.0. The zero-order valence-corrected chi connectivity index (χ0v) is 57.5. The van der Waals surface area contributed by atoms with E-state index in [0.717, 1.165) is 40.7 Å². The number of para-hydroxylation sites is 3. The molecule has 10 nitrogen and oxygen atoms in total. The van der Waals surface area contributed by atoms with Crippen molar-refractivity contribution in [2.45, 2.75) is 179 Å². The quantitative estimate of drug-likeness (QED) is 0.163. The molecule has 9 heterocycles. The maximum atomic E-state index is 4.08. The molecule has 1 N–H and O–H groups in total. The van der Waals surface area contributed by atoms with E-state index in [9.17, 15) is 0 Å². The van der Waals surface area contributed by atoms with Crippen molar-refractivity contribution < 1.29 is 0 Å². The topological polar surface area (TPSA) is 98.4 Å². The summed E-state index contributed by atoms with van der Waals surface area (Å²) in [5.74, 6) is 0. The number of pyridine rings is 3. The minimum Gasteiger partial charge on any atom is -0.345 e. The fourth-order valence-electron chi connectivity index (χ4n) is 6.65. The molecule has 8 aromatic heterocycles. The van der Waals surface area contributed by atoms with Crippen LogP contribution in [0, 0.1) is 0 Å². The summed E-state index contributed by atoms with van der Waals surface area (Å²) >= 11 is 0. The summed E-state index contributed by atoms with van der Waals surface area (Å²) < 4.78 is 7.93. The van der Waals surface area contributed by atoms with Crippen LogP contribution in [0.4, 0.5) is 0 Å². The molecule has 0 radical (unpaired) electrons. The summed E-state index contributed by atoms with van der Waals surface area (Å²) in [5.41, 5.74) is 9.07. The molecular formula is C75H116N10. The maximum Gasteiger partial charge on any atom is 0.160 e. The van der Waals surface area contributed by atoms with Gasteiger partial charge in [0.05, 0.1) is 28.6 Å². The number of benzene rings is 3. The van der Waals surface area contributed by atoms with Gasteiger partial charge in [0.25, 0.3) is 0 Å². The number of hydrogen-bond donors (Lipinski definition) is 1. The van der Waals surface area contributed by atoms with Crippen LogP contribution in [-0.2, 0) is 6.42 Å². The summed E-state index contributed by atoms with van der Waals surface area (Å²) in [4.78, 5) is 11.2. The van der Waals surface area contributed by atoms with Crippen molar-refractivity contribution in [3.05, 3.63) is 242 Å². The summed E-state index contributed by atoms with van der Waals surface area (Å²) in [7, 11) is 0. The van der Waals surface area contributed by atoms with Crippen LogP contribution in [0.5, 0.6) is 0 Å². The van der Waals surface area contributed by atoms with Crippen LogP contribution in [0.1, 0.15) is 184 Å². The van der Waals surface area contributed by atoms with Gasteiger partial charge in [-0.3, -0.25) is 4.40 Å². The summed E-state index contributed by atoms with van der Waals surface area (Å²) in [5, 5.41) is 14.2. The predicted molar refractivity (Wildman–Crippen MR) is 383 cm³/mol. The third kappa shape index (κ3) is 34.1. The van der Waals surface area contributed by atoms with Gasteiger partial charge >= 0.3 is 0 Å². The summed E-state index contributed by atoms with van der Waals surface area (Å²) in [6, 6.07) is 48.8. The number of aromatic nitrogens is 10. The van der Waals surface area contributed by atoms with Crippen molar-refractivity contribution in [1.29, 1.82) is 0 Å². The number of allylic oxidation sites excluding steroid dienone is 3. The van der Waals surface area contributed by atoms with Gasteiger partial charge in [0, 0.05) is 55.5 Å². The van der Waals surface area contributed by atoms with E-state index in [4.69, 9.17) is 0 Å². The van der Waals surface area contributed by atoms with Crippen LogP contribution < -0.4 is 10.4 Å². The highest BCUT2D eigenvalue weighted by Gasteiger charge is 2.07. The van der Waals surface area contributed by atoms with Crippen LogP contribution in [0.15, 0.2) is 220 Å². The molecular weight excluding hydrogens is 1040 g/mol. The number of nitrogens with zero attached hydrogens (tertiary/aromatic N) is 9. The van der Waals surface area contributed by atoms with Crippen molar-refractivity contribution in [3.63, 3.8) is 0 Å². The normalized spacial score (nSPS) is 9.18. The Kier molecular flexibility index (Phi) is 65.1. The second-order valence-corrected chi connectivity index (χ2v) is 13.7. The Morgan fingerprint density at radius 3 is 1.64 bits per heavy atom. The Balaban J connectivity index is -0.000000282. The first-order valence-electron chi connectivity index (χ1n) is 32.0. The molecule has 2 aliphatic rings. The number of hydrogen-bond acceptors (Lipinski definition) is 5. The summed E-state index contributed by atoms with van der Waals surface area (Å²) in [6.45, 7) is 48.0. The van der Waals surface area contributed by atoms with Crippen molar-refractivity contribution in [2.75, 3.05) is 0 Å². The molecule has 13 rings (SSSR count). The van der Waals surface area contributed by atoms with Crippen LogP contribution in [0.3, 0.4) is 0 Å². The number of rotatable bonds is 0. The molecule has 3 aromatic carbocycles. The molecule has 0 saturated heterocycles. The second-order valence-electron chi connectivity index (χ2n) is 13.7. The minimum atomic E-state index is 0.887. The lowest BCUT2D eigenvalue weighted by Crippen LogP contribution is -2.22. The number of nitrogens with one attached hydrogen (secondary N) is 1. The van der Waals surface area contributed by atoms with Crippen LogP contribution in [-0.4, -0.2) is 48.1 Å². The van der Waals surface area contributed by atoms with Gasteiger partial charge in [-0.05, 0) is 95.2 Å². The Hall–Kier alpha value is -8.37. The number of aromatic amines is 1. The van der Waals surface area contributed by atoms with Crippen LogP contribution in [0.25, 0.3) is 51.8 Å². The average Bonchev–Trinajstić information content (AvgIpc) is 4.71. The van der Waals surface area contributed by atoms with E-state index in [1.807, 2.05) is 289 Å². The molecule has 0 fully saturated rings. The smallest absolute Gasteiger partial charge is 0.160 e. The number of H-pyrrole nitrogens is 1. The van der Waals surface area contributed by atoms with Gasteiger partial charge < -0.3 is 14.0 Å². The van der Waals surface area contributed by atoms with Gasteiger partial charge in [0.2, 0.25) is 0 Å². The SMILES string of the molecule is C1=CCC=c2ccccc2=C1.C1=Cc2ccccc2-n2cccc2C1.CC.CC.CC.CC.CC.CC.CC.CC.CC.CC.CC.CC.c1ccc2[nH]cnc2c1.c1ccn2ccnc2c1.c1ccn2cnnc2c1.c1ccn2nccc2c1. The van der Waals surface area contributed by atoms with Crippen molar-refractivity contribution in [1.82, 2.24) is 48.1 Å². The fraction of sp³-hybridized carbons (Fsp3) is 0.347. The largest absolute Gasteiger partial charge is 0.345 e. The standard InChI is InChI=1S/C13H11N.C11H10.3C7H6N2.C6H5N3.12C2H6/c1-2-9-13-11(5-1)6-3-7-12-8-4-10-14(12)13;1-2-6-10-8-4-5-9-11(10)7-3-1;1-2-6-9-7(3-1)4-5-8-9;1-2-5-9-6-4-8-7(9)3-1;1-2-4-7-6(3-1)8-5-9-7;1-2-4-9-5-7-8-6(9)3-1;12*1-2/h1-6,8-10H,7H2;1-2,4-9H,3H2;2*1-6H;1-5H,(H,8,9);1-5H;12*1-2H3. The lowest BCUT2D eigenvalue weighted by atomic mass is 10.1. The van der Waals surface area contributed by atoms with E-state index in [1.165, 1.54) is 27.4 Å². The highest BCUT2D eigenvalue weighted by atomic mass is 15.2. The fourth-order valence-corrected chi connectivity index (χ4v) is 6.65. The van der Waals surface area contributed by atoms with E-state index < -0.39 is 0 Å². The maximum absolute atomic E-state index is 4.08. The highest BCUT2D eigenvalue weighted by Crippen LogP contribution is 2.22. The van der Waals surface area contributed by atoms with Gasteiger partial charge in [-0.1, -0.05) is 275 Å². The lowest BCUT2D eigenvalue weighted by Gasteiger charge is -2.08. The minimum absolute atomic E-state index is 0.887. The zero-order valence-electron chi connectivity index (χ0n) is 57.5. The zero-order chi connectivity index (χ0) is 65.3. The van der Waals surface area contributed by atoms with E-state index in [-0.39, 0.29) is 0 Å². The van der Waals surface area contributed by atoms with Gasteiger partial charge in [-0.2, -0.15) is 5.10 Å². The second kappa shape index (κ2) is 64.8. The molecule has 0 bridgehead atoms. The highest BCUT2D eigenvalue weighted by molar-refractivity contribution is 5.73. The average molecular weight is 1160 g/mol. The monoisotopic (exact) mass is 1160 g/mol. The molecule has 0 atom stereocenters. The molecule has 0 amide bonds.